The third kappa shape index (κ3) is 4.87. The summed E-state index contributed by atoms with van der Waals surface area (Å²) in [6.45, 7) is 1.47. The summed E-state index contributed by atoms with van der Waals surface area (Å²) in [6, 6.07) is 2.67. The van der Waals surface area contributed by atoms with Crippen LogP contribution >= 0.6 is 0 Å². The lowest BCUT2D eigenvalue weighted by Crippen LogP contribution is -2.16. The number of hydrogen-bond acceptors (Lipinski definition) is 4. The van der Waals surface area contributed by atoms with Crippen LogP contribution in [0.3, 0.4) is 0 Å². The third-order valence-electron chi connectivity index (χ3n) is 2.75. The lowest BCUT2D eigenvalue weighted by Gasteiger charge is -2.01. The van der Waals surface area contributed by atoms with E-state index in [1.54, 1.807) is 0 Å². The van der Waals surface area contributed by atoms with Crippen molar-refractivity contribution in [1.82, 2.24) is 15.1 Å². The largest absolute Gasteiger partial charge is 0.308 e. The fourth-order valence-corrected chi connectivity index (χ4v) is 2.30. The van der Waals surface area contributed by atoms with Gasteiger partial charge in [-0.05, 0) is 25.3 Å². The Hall–Kier alpha value is -0.880. The Morgan fingerprint density at radius 2 is 2.29 bits per heavy atom. The van der Waals surface area contributed by atoms with Gasteiger partial charge >= 0.3 is 0 Å². The molecule has 0 aliphatic heterocycles. The van der Waals surface area contributed by atoms with Crippen LogP contribution in [0.15, 0.2) is 12.3 Å². The molecule has 2 rings (SSSR count). The number of nitrogens with zero attached hydrogens (tertiary/aromatic N) is 2. The molecule has 0 atom stereocenters. The van der Waals surface area contributed by atoms with Crippen molar-refractivity contribution in [3.8, 4) is 0 Å². The first-order valence-corrected chi connectivity index (χ1v) is 8.02. The summed E-state index contributed by atoms with van der Waals surface area (Å²) in [5.41, 5.74) is 1.02. The van der Waals surface area contributed by atoms with Crippen LogP contribution in [0.1, 0.15) is 25.0 Å². The van der Waals surface area contributed by atoms with E-state index >= 15 is 0 Å². The van der Waals surface area contributed by atoms with E-state index in [4.69, 9.17) is 0 Å². The minimum atomic E-state index is -2.85. The highest BCUT2D eigenvalue weighted by atomic mass is 32.2. The average Bonchev–Trinajstić information content (AvgIpc) is 2.95. The topological polar surface area (TPSA) is 64.0 Å². The van der Waals surface area contributed by atoms with Gasteiger partial charge in [-0.2, -0.15) is 5.10 Å². The molecule has 0 saturated heterocycles. The Morgan fingerprint density at radius 1 is 1.53 bits per heavy atom. The summed E-state index contributed by atoms with van der Waals surface area (Å²) in [7, 11) is -2.85. The minimum Gasteiger partial charge on any atom is -0.308 e. The lowest BCUT2D eigenvalue weighted by atomic mass is 10.4. The molecule has 17 heavy (non-hydrogen) atoms. The molecule has 1 aliphatic carbocycles. The molecule has 6 heteroatoms. The standard InChI is InChI=1S/C11H19N3O2S/c1-17(15,16)8-2-6-14-7-5-11(13-14)9-12-10-3-4-10/h5,7,10,12H,2-4,6,8-9H2,1H3. The maximum Gasteiger partial charge on any atom is 0.147 e. The van der Waals surface area contributed by atoms with Gasteiger partial charge in [-0.25, -0.2) is 8.42 Å². The molecule has 5 nitrogen and oxygen atoms in total. The van der Waals surface area contributed by atoms with E-state index in [1.165, 1.54) is 19.1 Å². The fourth-order valence-electron chi connectivity index (χ4n) is 1.65. The Labute approximate surface area is 102 Å². The number of sulfone groups is 1. The molecule has 1 N–H and O–H groups in total. The van der Waals surface area contributed by atoms with Gasteiger partial charge in [0.1, 0.15) is 9.84 Å². The molecule has 1 aliphatic rings. The van der Waals surface area contributed by atoms with Gasteiger partial charge < -0.3 is 5.32 Å². The SMILES string of the molecule is CS(=O)(=O)CCCn1ccc(CNC2CC2)n1. The zero-order valence-corrected chi connectivity index (χ0v) is 10.9. The highest BCUT2D eigenvalue weighted by Gasteiger charge is 2.20. The van der Waals surface area contributed by atoms with Crippen LogP contribution in [-0.2, 0) is 22.9 Å². The lowest BCUT2D eigenvalue weighted by molar-refractivity contribution is 0.567. The summed E-state index contributed by atoms with van der Waals surface area (Å²) in [5, 5.41) is 7.78. The quantitative estimate of drug-likeness (QED) is 0.775. The molecule has 1 fully saturated rings. The predicted molar refractivity (Wildman–Crippen MR) is 66.4 cm³/mol. The highest BCUT2D eigenvalue weighted by Crippen LogP contribution is 2.18. The fraction of sp³-hybridized carbons (Fsp3) is 0.727. The molecule has 1 aromatic heterocycles. The highest BCUT2D eigenvalue weighted by molar-refractivity contribution is 7.90. The Bertz CT molecular complexity index is 463. The van der Waals surface area contributed by atoms with Crippen LogP contribution in [-0.4, -0.2) is 36.2 Å². The average molecular weight is 257 g/mol. The van der Waals surface area contributed by atoms with Crippen molar-refractivity contribution in [2.24, 2.45) is 0 Å². The second kappa shape index (κ2) is 5.18. The third-order valence-corrected chi connectivity index (χ3v) is 3.78. The number of nitrogens with one attached hydrogen (secondary N) is 1. The first-order valence-electron chi connectivity index (χ1n) is 5.96. The molecule has 1 saturated carbocycles. The zero-order valence-electron chi connectivity index (χ0n) is 10.1. The van der Waals surface area contributed by atoms with E-state index in [0.29, 0.717) is 19.0 Å². The summed E-state index contributed by atoms with van der Waals surface area (Å²) >= 11 is 0. The molecule has 1 aromatic rings. The zero-order chi connectivity index (χ0) is 12.3. The van der Waals surface area contributed by atoms with E-state index < -0.39 is 9.84 Å². The number of aryl methyl sites for hydroxylation is 1. The number of hydrogen-bond donors (Lipinski definition) is 1. The number of rotatable bonds is 7. The molecule has 0 unspecified atom stereocenters. The van der Waals surface area contributed by atoms with Crippen LogP contribution in [0.2, 0.25) is 0 Å². The Kier molecular flexibility index (Phi) is 3.83. The van der Waals surface area contributed by atoms with Crippen LogP contribution in [0, 0.1) is 0 Å². The molecular formula is C11H19N3O2S. The van der Waals surface area contributed by atoms with Gasteiger partial charge in [0.25, 0.3) is 0 Å². The Balaban J connectivity index is 1.73. The molecule has 1 heterocycles. The summed E-state index contributed by atoms with van der Waals surface area (Å²) in [6.07, 6.45) is 6.34. The van der Waals surface area contributed by atoms with Crippen molar-refractivity contribution in [2.45, 2.75) is 38.4 Å². The molecule has 0 radical (unpaired) electrons. The molecule has 96 valence electrons. The maximum atomic E-state index is 11.0. The van der Waals surface area contributed by atoms with Crippen molar-refractivity contribution >= 4 is 9.84 Å². The molecule has 0 spiro atoms. The molecule has 0 amide bonds. The summed E-state index contributed by atoms with van der Waals surface area (Å²) < 4.78 is 23.8. The van der Waals surface area contributed by atoms with Crippen molar-refractivity contribution in [2.75, 3.05) is 12.0 Å². The minimum absolute atomic E-state index is 0.225. The van der Waals surface area contributed by atoms with E-state index in [9.17, 15) is 8.42 Å². The van der Waals surface area contributed by atoms with Gasteiger partial charge in [0.05, 0.1) is 11.4 Å². The van der Waals surface area contributed by atoms with Crippen LogP contribution < -0.4 is 5.32 Å². The van der Waals surface area contributed by atoms with Gasteiger partial charge in [0, 0.05) is 31.6 Å². The second-order valence-electron chi connectivity index (χ2n) is 4.71. The van der Waals surface area contributed by atoms with Crippen molar-refractivity contribution in [3.63, 3.8) is 0 Å². The predicted octanol–water partition coefficient (Wildman–Crippen LogP) is 0.570. The van der Waals surface area contributed by atoms with Crippen molar-refractivity contribution in [3.05, 3.63) is 18.0 Å². The molecule has 0 bridgehead atoms. The van der Waals surface area contributed by atoms with Crippen LogP contribution in [0.25, 0.3) is 0 Å². The van der Waals surface area contributed by atoms with Gasteiger partial charge in [0.2, 0.25) is 0 Å². The van der Waals surface area contributed by atoms with Crippen LogP contribution in [0.5, 0.6) is 0 Å². The molecule has 0 aromatic carbocycles. The van der Waals surface area contributed by atoms with Gasteiger partial charge in [-0.15, -0.1) is 0 Å². The van der Waals surface area contributed by atoms with E-state index in [1.807, 2.05) is 16.9 Å². The van der Waals surface area contributed by atoms with E-state index in [-0.39, 0.29) is 5.75 Å². The molecular weight excluding hydrogens is 238 g/mol. The van der Waals surface area contributed by atoms with E-state index in [0.717, 1.165) is 12.2 Å². The van der Waals surface area contributed by atoms with Crippen molar-refractivity contribution in [1.29, 1.82) is 0 Å². The van der Waals surface area contributed by atoms with Gasteiger partial charge in [0.15, 0.2) is 0 Å². The monoisotopic (exact) mass is 257 g/mol. The summed E-state index contributed by atoms with van der Waals surface area (Å²) in [5.74, 6) is 0.225. The maximum absolute atomic E-state index is 11.0. The van der Waals surface area contributed by atoms with Crippen molar-refractivity contribution < 1.29 is 8.42 Å². The smallest absolute Gasteiger partial charge is 0.147 e. The normalized spacial score (nSPS) is 16.3. The number of aromatic nitrogens is 2. The summed E-state index contributed by atoms with van der Waals surface area (Å²) in [4.78, 5) is 0. The van der Waals surface area contributed by atoms with Crippen LogP contribution in [0.4, 0.5) is 0 Å². The van der Waals surface area contributed by atoms with E-state index in [2.05, 4.69) is 10.4 Å². The Morgan fingerprint density at radius 3 is 2.94 bits per heavy atom. The first-order chi connectivity index (χ1) is 8.03. The van der Waals surface area contributed by atoms with Gasteiger partial charge in [-0.1, -0.05) is 0 Å². The second-order valence-corrected chi connectivity index (χ2v) is 6.97. The first kappa shape index (κ1) is 12.6. The van der Waals surface area contributed by atoms with Gasteiger partial charge in [-0.3, -0.25) is 4.68 Å².